The van der Waals surface area contributed by atoms with E-state index in [0.29, 0.717) is 24.3 Å². The van der Waals surface area contributed by atoms with Crippen molar-refractivity contribution in [1.82, 2.24) is 0 Å². The van der Waals surface area contributed by atoms with Gasteiger partial charge in [0.25, 0.3) is 5.69 Å². The van der Waals surface area contributed by atoms with E-state index in [1.54, 1.807) is 6.92 Å². The van der Waals surface area contributed by atoms with Crippen molar-refractivity contribution < 1.29 is 19.9 Å². The lowest BCUT2D eigenvalue weighted by molar-refractivity contribution is -0.385. The lowest BCUT2D eigenvalue weighted by atomic mass is 9.96. The molecule has 2 rings (SSSR count). The van der Waals surface area contributed by atoms with Crippen LogP contribution in [0.15, 0.2) is 12.1 Å². The van der Waals surface area contributed by atoms with Crippen LogP contribution in [0, 0.1) is 23.0 Å². The maximum Gasteiger partial charge on any atom is 0.336 e. The molecule has 1 aromatic rings. The number of benzene rings is 1. The molecule has 0 radical (unpaired) electrons. The summed E-state index contributed by atoms with van der Waals surface area (Å²) in [7, 11) is 0. The van der Waals surface area contributed by atoms with E-state index in [0.717, 1.165) is 18.9 Å². The van der Waals surface area contributed by atoms with Gasteiger partial charge in [0.1, 0.15) is 0 Å². The second-order valence-corrected chi connectivity index (χ2v) is 5.31. The summed E-state index contributed by atoms with van der Waals surface area (Å²) in [5, 5.41) is 29.4. The van der Waals surface area contributed by atoms with Gasteiger partial charge in [0.15, 0.2) is 0 Å². The molecule has 0 aromatic heterocycles. The van der Waals surface area contributed by atoms with Gasteiger partial charge in [-0.2, -0.15) is 0 Å². The van der Waals surface area contributed by atoms with Crippen LogP contribution >= 0.6 is 0 Å². The first-order chi connectivity index (χ1) is 9.93. The zero-order valence-corrected chi connectivity index (χ0v) is 11.8. The Labute approximate surface area is 122 Å². The molecule has 0 atom stereocenters. The minimum absolute atomic E-state index is 0.0772. The van der Waals surface area contributed by atoms with E-state index >= 15 is 0 Å². The number of nitro groups is 1. The van der Waals surface area contributed by atoms with Crippen LogP contribution in [0.25, 0.3) is 0 Å². The van der Waals surface area contributed by atoms with E-state index < -0.39 is 10.9 Å². The van der Waals surface area contributed by atoms with Crippen LogP contribution in [0.3, 0.4) is 0 Å². The predicted octanol–water partition coefficient (Wildman–Crippen LogP) is 1.81. The molecular formula is C14H18N2O5. The first-order valence-corrected chi connectivity index (χ1v) is 6.82. The summed E-state index contributed by atoms with van der Waals surface area (Å²) in [6, 6.07) is 2.59. The number of carbonyl (C=O) groups is 1. The van der Waals surface area contributed by atoms with Gasteiger partial charge in [-0.25, -0.2) is 4.79 Å². The molecule has 1 saturated heterocycles. The van der Waals surface area contributed by atoms with Gasteiger partial charge < -0.3 is 15.1 Å². The largest absolute Gasteiger partial charge is 0.478 e. The smallest absolute Gasteiger partial charge is 0.336 e. The third-order valence-electron chi connectivity index (χ3n) is 4.01. The Morgan fingerprint density at radius 1 is 1.43 bits per heavy atom. The highest BCUT2D eigenvalue weighted by Gasteiger charge is 2.25. The SMILES string of the molecule is Cc1c(N2CCC(CO)CC2)cc(C(=O)O)cc1[N+](=O)[O-]. The molecule has 1 aliphatic heterocycles. The van der Waals surface area contributed by atoms with Gasteiger partial charge in [-0.05, 0) is 31.7 Å². The quantitative estimate of drug-likeness (QED) is 0.648. The van der Waals surface area contributed by atoms with E-state index in [2.05, 4.69) is 0 Å². The molecule has 1 fully saturated rings. The van der Waals surface area contributed by atoms with Gasteiger partial charge in [0, 0.05) is 31.5 Å². The number of hydrogen-bond acceptors (Lipinski definition) is 5. The molecule has 7 heteroatoms. The Bertz CT molecular complexity index is 565. The van der Waals surface area contributed by atoms with Crippen molar-refractivity contribution in [2.45, 2.75) is 19.8 Å². The maximum absolute atomic E-state index is 11.1. The van der Waals surface area contributed by atoms with E-state index in [1.807, 2.05) is 4.90 Å². The monoisotopic (exact) mass is 294 g/mol. The van der Waals surface area contributed by atoms with Gasteiger partial charge in [0.05, 0.1) is 16.1 Å². The second-order valence-electron chi connectivity index (χ2n) is 5.31. The van der Waals surface area contributed by atoms with Crippen molar-refractivity contribution >= 4 is 17.3 Å². The summed E-state index contributed by atoms with van der Waals surface area (Å²) in [5.74, 6) is -0.927. The number of nitro benzene ring substituents is 1. The van der Waals surface area contributed by atoms with E-state index in [9.17, 15) is 14.9 Å². The summed E-state index contributed by atoms with van der Waals surface area (Å²) in [4.78, 5) is 23.6. The Hall–Kier alpha value is -2.15. The van der Waals surface area contributed by atoms with Crippen molar-refractivity contribution in [3.05, 3.63) is 33.4 Å². The molecule has 1 aliphatic rings. The molecule has 21 heavy (non-hydrogen) atoms. The highest BCUT2D eigenvalue weighted by Crippen LogP contribution is 2.33. The summed E-state index contributed by atoms with van der Waals surface area (Å²) < 4.78 is 0. The van der Waals surface area contributed by atoms with Gasteiger partial charge in [-0.1, -0.05) is 0 Å². The fourth-order valence-electron chi connectivity index (χ4n) is 2.68. The first-order valence-electron chi connectivity index (χ1n) is 6.82. The second kappa shape index (κ2) is 6.09. The van der Waals surface area contributed by atoms with Crippen molar-refractivity contribution in [3.8, 4) is 0 Å². The fraction of sp³-hybridized carbons (Fsp3) is 0.500. The summed E-state index contributed by atoms with van der Waals surface area (Å²) >= 11 is 0. The number of nitrogens with zero attached hydrogens (tertiary/aromatic N) is 2. The number of aliphatic hydroxyl groups is 1. The Balaban J connectivity index is 2.38. The average molecular weight is 294 g/mol. The maximum atomic E-state index is 11.1. The molecule has 0 spiro atoms. The number of carboxylic acids is 1. The van der Waals surface area contributed by atoms with Crippen LogP contribution in [-0.4, -0.2) is 40.8 Å². The van der Waals surface area contributed by atoms with Gasteiger partial charge in [-0.3, -0.25) is 10.1 Å². The number of aromatic carboxylic acids is 1. The first kappa shape index (κ1) is 15.2. The van der Waals surface area contributed by atoms with Crippen LogP contribution < -0.4 is 4.90 Å². The number of hydrogen-bond donors (Lipinski definition) is 2. The Morgan fingerprint density at radius 2 is 2.05 bits per heavy atom. The zero-order valence-electron chi connectivity index (χ0n) is 11.8. The van der Waals surface area contributed by atoms with Crippen molar-refractivity contribution in [1.29, 1.82) is 0 Å². The highest BCUT2D eigenvalue weighted by atomic mass is 16.6. The predicted molar refractivity (Wildman–Crippen MR) is 76.8 cm³/mol. The topological polar surface area (TPSA) is 104 Å². The summed E-state index contributed by atoms with van der Waals surface area (Å²) in [5.41, 5.74) is 0.825. The van der Waals surface area contributed by atoms with Gasteiger partial charge in [-0.15, -0.1) is 0 Å². The molecule has 7 nitrogen and oxygen atoms in total. The van der Waals surface area contributed by atoms with Crippen molar-refractivity contribution in [2.75, 3.05) is 24.6 Å². The fourth-order valence-corrected chi connectivity index (χ4v) is 2.68. The molecule has 2 N–H and O–H groups in total. The van der Waals surface area contributed by atoms with E-state index in [4.69, 9.17) is 10.2 Å². The van der Waals surface area contributed by atoms with Crippen LogP contribution in [0.4, 0.5) is 11.4 Å². The molecule has 0 aliphatic carbocycles. The molecule has 1 aromatic carbocycles. The molecule has 0 bridgehead atoms. The lowest BCUT2D eigenvalue weighted by Gasteiger charge is -2.33. The molecular weight excluding hydrogens is 276 g/mol. The minimum Gasteiger partial charge on any atom is -0.478 e. The standard InChI is InChI=1S/C14H18N2O5/c1-9-12(15-4-2-10(8-17)3-5-15)6-11(14(18)19)7-13(9)16(20)21/h6-7,10,17H,2-5,8H2,1H3,(H,18,19). The van der Waals surface area contributed by atoms with Crippen LogP contribution in [0.1, 0.15) is 28.8 Å². The molecule has 114 valence electrons. The Kier molecular flexibility index (Phi) is 4.42. The average Bonchev–Trinajstić information content (AvgIpc) is 2.47. The normalized spacial score (nSPS) is 16.0. The molecule has 0 amide bonds. The zero-order chi connectivity index (χ0) is 15.6. The number of carboxylic acid groups (broad SMARTS) is 1. The van der Waals surface area contributed by atoms with Gasteiger partial charge in [0.2, 0.25) is 0 Å². The van der Waals surface area contributed by atoms with E-state index in [1.165, 1.54) is 6.07 Å². The third kappa shape index (κ3) is 3.13. The summed E-state index contributed by atoms with van der Waals surface area (Å²) in [6.07, 6.45) is 1.59. The van der Waals surface area contributed by atoms with Crippen molar-refractivity contribution in [3.63, 3.8) is 0 Å². The molecule has 0 unspecified atom stereocenters. The third-order valence-corrected chi connectivity index (χ3v) is 4.01. The number of rotatable bonds is 4. The lowest BCUT2D eigenvalue weighted by Crippen LogP contribution is -2.35. The Morgan fingerprint density at radius 3 is 2.52 bits per heavy atom. The molecule has 1 heterocycles. The van der Waals surface area contributed by atoms with Crippen LogP contribution in [0.2, 0.25) is 0 Å². The van der Waals surface area contributed by atoms with E-state index in [-0.39, 0.29) is 23.8 Å². The van der Waals surface area contributed by atoms with Crippen LogP contribution in [-0.2, 0) is 0 Å². The van der Waals surface area contributed by atoms with Crippen LogP contribution in [0.5, 0.6) is 0 Å². The highest BCUT2D eigenvalue weighted by molar-refractivity contribution is 5.90. The number of piperidine rings is 1. The molecule has 0 saturated carbocycles. The van der Waals surface area contributed by atoms with Crippen molar-refractivity contribution in [2.24, 2.45) is 5.92 Å². The number of aliphatic hydroxyl groups excluding tert-OH is 1. The summed E-state index contributed by atoms with van der Waals surface area (Å²) in [6.45, 7) is 3.10. The van der Waals surface area contributed by atoms with Gasteiger partial charge >= 0.3 is 5.97 Å². The minimum atomic E-state index is -1.18. The number of anilines is 1.